The first-order chi connectivity index (χ1) is 16.6. The predicted octanol–water partition coefficient (Wildman–Crippen LogP) is 4.99. The molecule has 35 heavy (non-hydrogen) atoms. The van der Waals surface area contributed by atoms with Crippen molar-refractivity contribution in [2.75, 3.05) is 44.2 Å². The molecule has 2 saturated heterocycles. The van der Waals surface area contributed by atoms with E-state index in [4.69, 9.17) is 4.74 Å². The number of hydrogen-bond acceptors (Lipinski definition) is 4. The van der Waals surface area contributed by atoms with Crippen molar-refractivity contribution in [2.24, 2.45) is 5.92 Å². The molecule has 0 spiro atoms. The second-order valence-corrected chi connectivity index (χ2v) is 10.9. The highest BCUT2D eigenvalue weighted by atomic mass is 16.6. The molecule has 2 aliphatic rings. The van der Waals surface area contributed by atoms with Crippen molar-refractivity contribution < 1.29 is 14.3 Å². The van der Waals surface area contributed by atoms with Crippen LogP contribution in [-0.4, -0.2) is 66.7 Å². The number of aryl methyl sites for hydroxylation is 2. The molecule has 2 fully saturated rings. The van der Waals surface area contributed by atoms with Gasteiger partial charge in [0, 0.05) is 45.0 Å². The highest BCUT2D eigenvalue weighted by Crippen LogP contribution is 2.35. The first-order valence-corrected chi connectivity index (χ1v) is 12.8. The summed E-state index contributed by atoms with van der Waals surface area (Å²) in [6.07, 6.45) is 0.420. The number of carbonyl (C=O) groups is 2. The number of carbonyl (C=O) groups excluding carboxylic acids is 2. The Morgan fingerprint density at radius 1 is 0.886 bits per heavy atom. The summed E-state index contributed by atoms with van der Waals surface area (Å²) in [5, 5.41) is 0. The number of piperidine rings is 1. The molecule has 0 bridgehead atoms. The maximum atomic E-state index is 13.9. The van der Waals surface area contributed by atoms with Crippen molar-refractivity contribution in [3.8, 4) is 0 Å². The van der Waals surface area contributed by atoms with E-state index in [-0.39, 0.29) is 23.8 Å². The van der Waals surface area contributed by atoms with Crippen LogP contribution in [0, 0.1) is 19.8 Å². The Morgan fingerprint density at radius 2 is 1.57 bits per heavy atom. The van der Waals surface area contributed by atoms with Crippen LogP contribution < -0.4 is 4.90 Å². The number of amides is 2. The molecule has 188 valence electrons. The number of nitrogens with zero attached hydrogens (tertiary/aromatic N) is 3. The van der Waals surface area contributed by atoms with E-state index in [1.54, 1.807) is 4.90 Å². The Labute approximate surface area is 209 Å². The summed E-state index contributed by atoms with van der Waals surface area (Å²) in [5.74, 6) is -0.0296. The molecule has 2 heterocycles. The van der Waals surface area contributed by atoms with Crippen LogP contribution in [0.5, 0.6) is 0 Å². The van der Waals surface area contributed by atoms with Gasteiger partial charge in [-0.3, -0.25) is 4.79 Å². The summed E-state index contributed by atoms with van der Waals surface area (Å²) < 4.78 is 5.63. The SMILES string of the molecule is Cc1ccc(C)c(N2CCN(C(=O)[C@@H]3CN(C(=O)OC(C)(C)C)CC[C@H]3c3ccccc3)CC2)c1. The maximum Gasteiger partial charge on any atom is 0.410 e. The molecule has 6 heteroatoms. The van der Waals surface area contributed by atoms with Crippen LogP contribution in [0.1, 0.15) is 49.8 Å². The molecular weight excluding hydrogens is 438 g/mol. The van der Waals surface area contributed by atoms with Gasteiger partial charge in [-0.2, -0.15) is 0 Å². The van der Waals surface area contributed by atoms with Gasteiger partial charge in [0.1, 0.15) is 5.60 Å². The first kappa shape index (κ1) is 25.1. The molecular formula is C29H39N3O3. The first-order valence-electron chi connectivity index (χ1n) is 12.8. The summed E-state index contributed by atoms with van der Waals surface area (Å²) in [6.45, 7) is 13.9. The van der Waals surface area contributed by atoms with Crippen LogP contribution in [-0.2, 0) is 9.53 Å². The van der Waals surface area contributed by atoms with Gasteiger partial charge in [0.2, 0.25) is 5.91 Å². The Hall–Kier alpha value is -3.02. The van der Waals surface area contributed by atoms with Crippen LogP contribution in [0.2, 0.25) is 0 Å². The van der Waals surface area contributed by atoms with Gasteiger partial charge in [-0.15, -0.1) is 0 Å². The van der Waals surface area contributed by atoms with E-state index in [0.717, 1.165) is 19.5 Å². The smallest absolute Gasteiger partial charge is 0.410 e. The van der Waals surface area contributed by atoms with Crippen LogP contribution in [0.25, 0.3) is 0 Å². The third-order valence-corrected chi connectivity index (χ3v) is 7.11. The van der Waals surface area contributed by atoms with Gasteiger partial charge in [0.25, 0.3) is 0 Å². The molecule has 2 aromatic rings. The highest BCUT2D eigenvalue weighted by molar-refractivity contribution is 5.82. The molecule has 2 amide bonds. The zero-order valence-corrected chi connectivity index (χ0v) is 21.8. The highest BCUT2D eigenvalue weighted by Gasteiger charge is 2.40. The van der Waals surface area contributed by atoms with Gasteiger partial charge in [-0.1, -0.05) is 42.5 Å². The van der Waals surface area contributed by atoms with E-state index >= 15 is 0 Å². The topological polar surface area (TPSA) is 53.1 Å². The van der Waals surface area contributed by atoms with E-state index in [9.17, 15) is 9.59 Å². The molecule has 2 atom stereocenters. The Bertz CT molecular complexity index is 1040. The molecule has 0 N–H and O–H groups in total. The number of anilines is 1. The van der Waals surface area contributed by atoms with Crippen LogP contribution in [0.4, 0.5) is 10.5 Å². The lowest BCUT2D eigenvalue weighted by Crippen LogP contribution is -2.55. The number of likely N-dealkylation sites (tertiary alicyclic amines) is 1. The zero-order chi connectivity index (χ0) is 25.2. The Balaban J connectivity index is 1.49. The minimum atomic E-state index is -0.558. The van der Waals surface area contributed by atoms with Crippen molar-refractivity contribution >= 4 is 17.7 Å². The fourth-order valence-corrected chi connectivity index (χ4v) is 5.26. The van der Waals surface area contributed by atoms with E-state index in [1.807, 2.05) is 43.9 Å². The van der Waals surface area contributed by atoms with Gasteiger partial charge in [-0.25, -0.2) is 4.79 Å². The van der Waals surface area contributed by atoms with Crippen molar-refractivity contribution in [3.63, 3.8) is 0 Å². The molecule has 6 nitrogen and oxygen atoms in total. The van der Waals surface area contributed by atoms with Crippen molar-refractivity contribution in [3.05, 3.63) is 65.2 Å². The second-order valence-electron chi connectivity index (χ2n) is 10.9. The number of piperazine rings is 1. The molecule has 4 rings (SSSR count). The third kappa shape index (κ3) is 5.98. The average Bonchev–Trinajstić information content (AvgIpc) is 2.84. The minimum absolute atomic E-state index is 0.0967. The Kier molecular flexibility index (Phi) is 7.39. The van der Waals surface area contributed by atoms with E-state index in [1.165, 1.54) is 22.4 Å². The third-order valence-electron chi connectivity index (χ3n) is 7.11. The van der Waals surface area contributed by atoms with Crippen LogP contribution in [0.3, 0.4) is 0 Å². The molecule has 0 aromatic heterocycles. The summed E-state index contributed by atoms with van der Waals surface area (Å²) in [7, 11) is 0. The van der Waals surface area contributed by atoms with Gasteiger partial charge in [-0.05, 0) is 69.7 Å². The number of benzene rings is 2. The molecule has 0 radical (unpaired) electrons. The van der Waals surface area contributed by atoms with Gasteiger partial charge >= 0.3 is 6.09 Å². The fraction of sp³-hybridized carbons (Fsp3) is 0.517. The average molecular weight is 478 g/mol. The van der Waals surface area contributed by atoms with Gasteiger partial charge < -0.3 is 19.4 Å². The van der Waals surface area contributed by atoms with Crippen molar-refractivity contribution in [1.82, 2.24) is 9.80 Å². The number of ether oxygens (including phenoxy) is 1. The lowest BCUT2D eigenvalue weighted by atomic mass is 9.79. The number of rotatable bonds is 3. The van der Waals surface area contributed by atoms with Crippen molar-refractivity contribution in [2.45, 2.75) is 52.6 Å². The van der Waals surface area contributed by atoms with E-state index in [0.29, 0.717) is 26.2 Å². The normalized spacial score (nSPS) is 21.1. The van der Waals surface area contributed by atoms with E-state index < -0.39 is 5.60 Å². The molecule has 0 saturated carbocycles. The van der Waals surface area contributed by atoms with Gasteiger partial charge in [0.05, 0.1) is 5.92 Å². The second kappa shape index (κ2) is 10.3. The zero-order valence-electron chi connectivity index (χ0n) is 21.8. The lowest BCUT2D eigenvalue weighted by Gasteiger charge is -2.43. The summed E-state index contributed by atoms with van der Waals surface area (Å²) in [5.41, 5.74) is 4.38. The molecule has 2 aliphatic heterocycles. The monoisotopic (exact) mass is 477 g/mol. The van der Waals surface area contributed by atoms with Crippen LogP contribution >= 0.6 is 0 Å². The number of hydrogen-bond donors (Lipinski definition) is 0. The quantitative estimate of drug-likeness (QED) is 0.625. The van der Waals surface area contributed by atoms with E-state index in [2.05, 4.69) is 49.1 Å². The fourth-order valence-electron chi connectivity index (χ4n) is 5.26. The molecule has 0 unspecified atom stereocenters. The molecule has 2 aromatic carbocycles. The summed E-state index contributed by atoms with van der Waals surface area (Å²) in [4.78, 5) is 32.8. The molecule has 0 aliphatic carbocycles. The largest absolute Gasteiger partial charge is 0.444 e. The summed E-state index contributed by atoms with van der Waals surface area (Å²) in [6, 6.07) is 16.8. The summed E-state index contributed by atoms with van der Waals surface area (Å²) >= 11 is 0. The standard InChI is InChI=1S/C29H39N3O3/c1-21-11-12-22(2)26(19-21)30-15-17-31(18-16-30)27(33)25-20-32(28(34)35-29(3,4)5)14-13-24(25)23-9-7-6-8-10-23/h6-12,19,24-25H,13-18,20H2,1-5H3/t24-,25+/m0/s1. The van der Waals surface area contributed by atoms with Gasteiger partial charge in [0.15, 0.2) is 0 Å². The van der Waals surface area contributed by atoms with Crippen LogP contribution in [0.15, 0.2) is 48.5 Å². The maximum absolute atomic E-state index is 13.9. The minimum Gasteiger partial charge on any atom is -0.444 e. The van der Waals surface area contributed by atoms with Crippen molar-refractivity contribution in [1.29, 1.82) is 0 Å². The Morgan fingerprint density at radius 3 is 2.23 bits per heavy atom. The lowest BCUT2D eigenvalue weighted by molar-refractivity contribution is -0.138. The predicted molar refractivity (Wildman–Crippen MR) is 140 cm³/mol.